The Morgan fingerprint density at radius 3 is 2.14 bits per heavy atom. The second-order valence-corrected chi connectivity index (χ2v) is 8.04. The van der Waals surface area contributed by atoms with E-state index < -0.39 is 10.0 Å². The van der Waals surface area contributed by atoms with Gasteiger partial charge >= 0.3 is 0 Å². The van der Waals surface area contributed by atoms with Crippen LogP contribution < -0.4 is 10.0 Å². The second kappa shape index (κ2) is 8.76. The van der Waals surface area contributed by atoms with Gasteiger partial charge in [-0.25, -0.2) is 18.1 Å². The van der Waals surface area contributed by atoms with Crippen LogP contribution in [0.2, 0.25) is 0 Å². The number of nitrogens with one attached hydrogen (secondary N) is 2. The van der Waals surface area contributed by atoms with E-state index in [1.165, 1.54) is 31.2 Å². The molecule has 0 unspecified atom stereocenters. The molecule has 1 amide bonds. The molecule has 0 aliphatic carbocycles. The Kier molecular flexibility index (Phi) is 6.16. The number of aromatic nitrogens is 1. The van der Waals surface area contributed by atoms with E-state index in [9.17, 15) is 18.0 Å². The van der Waals surface area contributed by atoms with Gasteiger partial charge in [-0.15, -0.1) is 0 Å². The molecule has 2 aromatic carbocycles. The number of nitrogens with zero attached hydrogens (tertiary/aromatic N) is 1. The number of carbonyl (C=O) groups excluding carboxylic acids is 2. The van der Waals surface area contributed by atoms with Gasteiger partial charge in [0.25, 0.3) is 5.91 Å². The lowest BCUT2D eigenvalue weighted by molar-refractivity contribution is 0.101. The van der Waals surface area contributed by atoms with E-state index in [2.05, 4.69) is 15.0 Å². The second-order valence-electron chi connectivity index (χ2n) is 6.27. The van der Waals surface area contributed by atoms with Gasteiger partial charge in [0.05, 0.1) is 4.90 Å². The highest BCUT2D eigenvalue weighted by atomic mass is 32.2. The van der Waals surface area contributed by atoms with Gasteiger partial charge < -0.3 is 5.32 Å². The molecular weight excluding hydrogens is 390 g/mol. The van der Waals surface area contributed by atoms with Crippen molar-refractivity contribution in [3.05, 3.63) is 89.6 Å². The zero-order valence-corrected chi connectivity index (χ0v) is 16.4. The number of amides is 1. The maximum Gasteiger partial charge on any atom is 0.256 e. The Bertz CT molecular complexity index is 1110. The van der Waals surface area contributed by atoms with Crippen molar-refractivity contribution in [1.82, 2.24) is 9.71 Å². The van der Waals surface area contributed by atoms with Crippen molar-refractivity contribution in [2.45, 2.75) is 18.4 Å². The summed E-state index contributed by atoms with van der Waals surface area (Å²) >= 11 is 0. The normalized spacial score (nSPS) is 11.1. The third kappa shape index (κ3) is 5.34. The summed E-state index contributed by atoms with van der Waals surface area (Å²) in [6.07, 6.45) is 1.58. The highest BCUT2D eigenvalue weighted by molar-refractivity contribution is 7.89. The number of pyridine rings is 1. The minimum Gasteiger partial charge on any atom is -0.307 e. The van der Waals surface area contributed by atoms with Crippen LogP contribution in [-0.4, -0.2) is 25.1 Å². The molecule has 29 heavy (non-hydrogen) atoms. The molecule has 2 N–H and O–H groups in total. The minimum absolute atomic E-state index is 0.0684. The zero-order chi connectivity index (χ0) is 20.9. The van der Waals surface area contributed by atoms with Gasteiger partial charge in [0.1, 0.15) is 5.82 Å². The predicted molar refractivity (Wildman–Crippen MR) is 109 cm³/mol. The summed E-state index contributed by atoms with van der Waals surface area (Å²) in [7, 11) is -3.72. The van der Waals surface area contributed by atoms with E-state index in [0.29, 0.717) is 22.5 Å². The van der Waals surface area contributed by atoms with Crippen LogP contribution in [0.25, 0.3) is 0 Å². The third-order valence-corrected chi connectivity index (χ3v) is 5.58. The molecule has 0 radical (unpaired) electrons. The largest absolute Gasteiger partial charge is 0.307 e. The van der Waals surface area contributed by atoms with Crippen LogP contribution in [0.1, 0.15) is 33.2 Å². The molecule has 7 nitrogen and oxygen atoms in total. The van der Waals surface area contributed by atoms with E-state index in [-0.39, 0.29) is 23.1 Å². The summed E-state index contributed by atoms with van der Waals surface area (Å²) in [5, 5.41) is 2.68. The van der Waals surface area contributed by atoms with Gasteiger partial charge in [-0.05, 0) is 48.9 Å². The van der Waals surface area contributed by atoms with Crippen molar-refractivity contribution in [3.63, 3.8) is 0 Å². The number of hydrogen-bond donors (Lipinski definition) is 2. The van der Waals surface area contributed by atoms with Crippen molar-refractivity contribution in [2.75, 3.05) is 5.32 Å². The summed E-state index contributed by atoms with van der Waals surface area (Å²) in [6, 6.07) is 17.5. The first-order valence-electron chi connectivity index (χ1n) is 8.77. The molecule has 0 fully saturated rings. The fraction of sp³-hybridized carbons (Fsp3) is 0.0952. The Hall–Kier alpha value is -3.36. The molecule has 0 spiro atoms. The number of sulfonamides is 1. The number of benzene rings is 2. The monoisotopic (exact) mass is 409 g/mol. The molecule has 0 bridgehead atoms. The summed E-state index contributed by atoms with van der Waals surface area (Å²) in [4.78, 5) is 27.6. The molecule has 0 saturated carbocycles. The molecule has 148 valence electrons. The van der Waals surface area contributed by atoms with Crippen molar-refractivity contribution in [2.24, 2.45) is 0 Å². The van der Waals surface area contributed by atoms with E-state index >= 15 is 0 Å². The Morgan fingerprint density at radius 1 is 0.897 bits per heavy atom. The number of carbonyl (C=O) groups is 2. The number of ketones is 1. The highest BCUT2D eigenvalue weighted by Gasteiger charge is 2.14. The SMILES string of the molecule is CC(=O)c1ccc(S(=O)(=O)NCc2ccc(C(=O)Nc3ccccn3)cc2)cc1. The molecule has 0 aliphatic rings. The highest BCUT2D eigenvalue weighted by Crippen LogP contribution is 2.13. The van der Waals surface area contributed by atoms with Crippen molar-refractivity contribution >= 4 is 27.5 Å². The van der Waals surface area contributed by atoms with Gasteiger partial charge in [-0.1, -0.05) is 30.3 Å². The van der Waals surface area contributed by atoms with Gasteiger partial charge in [0, 0.05) is 23.9 Å². The zero-order valence-electron chi connectivity index (χ0n) is 15.6. The van der Waals surface area contributed by atoms with Crippen molar-refractivity contribution in [1.29, 1.82) is 0 Å². The molecule has 3 rings (SSSR count). The average molecular weight is 409 g/mol. The first-order valence-corrected chi connectivity index (χ1v) is 10.3. The van der Waals surface area contributed by atoms with Crippen LogP contribution in [-0.2, 0) is 16.6 Å². The van der Waals surface area contributed by atoms with Crippen LogP contribution >= 0.6 is 0 Å². The van der Waals surface area contributed by atoms with Gasteiger partial charge in [0.2, 0.25) is 10.0 Å². The van der Waals surface area contributed by atoms with E-state index in [1.807, 2.05) is 0 Å². The fourth-order valence-corrected chi connectivity index (χ4v) is 3.55. The lowest BCUT2D eigenvalue weighted by Crippen LogP contribution is -2.23. The lowest BCUT2D eigenvalue weighted by atomic mass is 10.1. The number of anilines is 1. The van der Waals surface area contributed by atoms with Crippen LogP contribution in [0.5, 0.6) is 0 Å². The maximum atomic E-state index is 12.4. The smallest absolute Gasteiger partial charge is 0.256 e. The third-order valence-electron chi connectivity index (χ3n) is 4.16. The molecule has 0 saturated heterocycles. The molecule has 1 aromatic heterocycles. The summed E-state index contributed by atoms with van der Waals surface area (Å²) in [5.74, 6) is 0.0144. The van der Waals surface area contributed by atoms with Crippen LogP contribution in [0.4, 0.5) is 5.82 Å². The predicted octanol–water partition coefficient (Wildman–Crippen LogP) is 3.02. The fourth-order valence-electron chi connectivity index (χ4n) is 2.53. The van der Waals surface area contributed by atoms with E-state index in [0.717, 1.165) is 0 Å². The first kappa shape index (κ1) is 20.4. The van der Waals surface area contributed by atoms with E-state index in [4.69, 9.17) is 0 Å². The topological polar surface area (TPSA) is 105 Å². The molecule has 1 heterocycles. The summed E-state index contributed by atoms with van der Waals surface area (Å²) in [5.41, 5.74) is 1.58. The van der Waals surface area contributed by atoms with Crippen LogP contribution in [0, 0.1) is 0 Å². The molecular formula is C21H19N3O4S. The summed E-state index contributed by atoms with van der Waals surface area (Å²) in [6.45, 7) is 1.49. The first-order chi connectivity index (χ1) is 13.8. The van der Waals surface area contributed by atoms with Crippen LogP contribution in [0.15, 0.2) is 77.8 Å². The summed E-state index contributed by atoms with van der Waals surface area (Å²) < 4.78 is 27.3. The minimum atomic E-state index is -3.72. The van der Waals surface area contributed by atoms with E-state index in [1.54, 1.807) is 48.7 Å². The Morgan fingerprint density at radius 2 is 1.55 bits per heavy atom. The average Bonchev–Trinajstić information content (AvgIpc) is 2.73. The van der Waals surface area contributed by atoms with Gasteiger partial charge in [0.15, 0.2) is 5.78 Å². The quantitative estimate of drug-likeness (QED) is 0.584. The van der Waals surface area contributed by atoms with Crippen LogP contribution in [0.3, 0.4) is 0 Å². The Balaban J connectivity index is 1.62. The molecule has 0 atom stereocenters. The van der Waals surface area contributed by atoms with Crippen molar-refractivity contribution in [3.8, 4) is 0 Å². The number of Topliss-reactive ketones (excluding diaryl/α,β-unsaturated/α-hetero) is 1. The lowest BCUT2D eigenvalue weighted by Gasteiger charge is -2.08. The van der Waals surface area contributed by atoms with Gasteiger partial charge in [-0.2, -0.15) is 0 Å². The molecule has 0 aliphatic heterocycles. The number of hydrogen-bond acceptors (Lipinski definition) is 5. The standard InChI is InChI=1S/C21H19N3O4S/c1-15(25)17-9-11-19(12-10-17)29(27,28)23-14-16-5-7-18(8-6-16)21(26)24-20-4-2-3-13-22-20/h2-13,23H,14H2,1H3,(H,22,24,26). The Labute approximate surface area is 168 Å². The molecule has 8 heteroatoms. The number of rotatable bonds is 7. The van der Waals surface area contributed by atoms with Crippen molar-refractivity contribution < 1.29 is 18.0 Å². The van der Waals surface area contributed by atoms with Gasteiger partial charge in [-0.3, -0.25) is 9.59 Å². The maximum absolute atomic E-state index is 12.4. The molecule has 3 aromatic rings.